The highest BCUT2D eigenvalue weighted by Crippen LogP contribution is 2.38. The number of carbonyl (C=O) groups is 2. The first-order chi connectivity index (χ1) is 16.6. The van der Waals surface area contributed by atoms with Crippen molar-refractivity contribution in [1.29, 1.82) is 0 Å². The number of nitrogens with one attached hydrogen (secondary N) is 1. The van der Waals surface area contributed by atoms with Crippen molar-refractivity contribution in [2.45, 2.75) is 50.7 Å². The minimum atomic E-state index is -5.24. The molecule has 2 aromatic carbocycles. The molecule has 2 heterocycles. The molecule has 1 saturated heterocycles. The van der Waals surface area contributed by atoms with Gasteiger partial charge in [-0.2, -0.15) is 13.2 Å². The van der Waals surface area contributed by atoms with Gasteiger partial charge in [-0.1, -0.05) is 29.8 Å². The summed E-state index contributed by atoms with van der Waals surface area (Å²) in [7, 11) is 1.45. The van der Waals surface area contributed by atoms with Crippen molar-refractivity contribution in [1.82, 2.24) is 10.2 Å². The molecule has 0 aromatic heterocycles. The third-order valence-corrected chi connectivity index (χ3v) is 6.25. The molecule has 10 heteroatoms. The molecule has 4 rings (SSSR count). The van der Waals surface area contributed by atoms with E-state index < -0.39 is 30.3 Å². The van der Waals surface area contributed by atoms with Crippen molar-refractivity contribution < 1.29 is 37.0 Å². The number of likely N-dealkylation sites (tertiary alicyclic amines) is 1. The van der Waals surface area contributed by atoms with Crippen LogP contribution in [0.5, 0.6) is 11.5 Å². The molecule has 1 N–H and O–H groups in total. The number of methoxy groups -OCH3 is 1. The van der Waals surface area contributed by atoms with Gasteiger partial charge in [-0.15, -0.1) is 0 Å². The zero-order chi connectivity index (χ0) is 25.2. The maximum absolute atomic E-state index is 12.9. The number of benzene rings is 2. The van der Waals surface area contributed by atoms with E-state index in [2.05, 4.69) is 27.1 Å². The van der Waals surface area contributed by atoms with Crippen LogP contribution in [0.25, 0.3) is 0 Å². The molecule has 2 aliphatic rings. The van der Waals surface area contributed by atoms with E-state index in [1.807, 2.05) is 19.1 Å². The summed E-state index contributed by atoms with van der Waals surface area (Å²) in [4.78, 5) is 26.4. The van der Waals surface area contributed by atoms with Gasteiger partial charge in [0.05, 0.1) is 13.2 Å². The van der Waals surface area contributed by atoms with Crippen LogP contribution in [-0.4, -0.2) is 55.4 Å². The number of ether oxygens (including phenoxy) is 3. The summed E-state index contributed by atoms with van der Waals surface area (Å²) >= 11 is 0. The highest BCUT2D eigenvalue weighted by molar-refractivity contribution is 5.85. The third-order valence-electron chi connectivity index (χ3n) is 6.25. The molecule has 188 valence electrons. The van der Waals surface area contributed by atoms with Crippen LogP contribution in [0.2, 0.25) is 0 Å². The number of esters is 2. The van der Waals surface area contributed by atoms with Crippen molar-refractivity contribution >= 4 is 11.9 Å². The minimum absolute atomic E-state index is 0.106. The highest BCUT2D eigenvalue weighted by Gasteiger charge is 2.48. The first-order valence-electron chi connectivity index (χ1n) is 11.4. The Hall–Kier alpha value is -3.11. The highest BCUT2D eigenvalue weighted by atomic mass is 19.4. The molecule has 0 aliphatic carbocycles. The largest absolute Gasteiger partial charge is 0.497 e. The summed E-state index contributed by atoms with van der Waals surface area (Å²) in [5.41, 5.74) is 2.80. The van der Waals surface area contributed by atoms with Gasteiger partial charge in [-0.25, -0.2) is 9.59 Å². The smallest absolute Gasteiger partial charge is 0.490 e. The number of halogens is 3. The van der Waals surface area contributed by atoms with Crippen LogP contribution in [0.3, 0.4) is 0 Å². The van der Waals surface area contributed by atoms with Gasteiger partial charge in [-0.05, 0) is 56.6 Å². The van der Waals surface area contributed by atoms with E-state index in [9.17, 15) is 22.8 Å². The van der Waals surface area contributed by atoms with Crippen LogP contribution in [0, 0.1) is 6.92 Å². The quantitative estimate of drug-likeness (QED) is 0.487. The Morgan fingerprint density at radius 2 is 1.91 bits per heavy atom. The molecule has 2 aliphatic heterocycles. The second-order valence-corrected chi connectivity index (χ2v) is 8.83. The second kappa shape index (κ2) is 10.2. The lowest BCUT2D eigenvalue weighted by molar-refractivity contribution is -0.209. The monoisotopic (exact) mass is 492 g/mol. The van der Waals surface area contributed by atoms with Crippen molar-refractivity contribution in [2.75, 3.05) is 20.2 Å². The molecular formula is C25H27F3N2O5. The molecule has 2 atom stereocenters. The molecule has 0 spiro atoms. The summed E-state index contributed by atoms with van der Waals surface area (Å²) in [5, 5.41) is 3.27. The molecule has 0 amide bonds. The zero-order valence-corrected chi connectivity index (χ0v) is 19.4. The van der Waals surface area contributed by atoms with Gasteiger partial charge in [0.1, 0.15) is 11.5 Å². The number of fused-ring (bicyclic) bond motifs is 1. The number of hydrogen-bond acceptors (Lipinski definition) is 7. The number of aryl methyl sites for hydroxylation is 1. The Kier molecular flexibility index (Phi) is 7.32. The van der Waals surface area contributed by atoms with Crippen LogP contribution < -0.4 is 14.8 Å². The summed E-state index contributed by atoms with van der Waals surface area (Å²) in [6.45, 7) is 4.38. The van der Waals surface area contributed by atoms with Gasteiger partial charge in [0.25, 0.3) is 0 Å². The van der Waals surface area contributed by atoms with E-state index in [1.54, 1.807) is 12.1 Å². The number of hydrogen-bond donors (Lipinski definition) is 1. The topological polar surface area (TPSA) is 77.1 Å². The van der Waals surface area contributed by atoms with Crippen LogP contribution in [0.4, 0.5) is 13.2 Å². The lowest BCUT2D eigenvalue weighted by Gasteiger charge is -2.38. The molecule has 2 unspecified atom stereocenters. The molecule has 1 fully saturated rings. The van der Waals surface area contributed by atoms with Crippen LogP contribution in [0.15, 0.2) is 42.5 Å². The summed E-state index contributed by atoms with van der Waals surface area (Å²) < 4.78 is 53.7. The fourth-order valence-electron chi connectivity index (χ4n) is 4.51. The molecule has 2 aromatic rings. The number of alkyl halides is 3. The van der Waals surface area contributed by atoms with E-state index in [1.165, 1.54) is 24.3 Å². The van der Waals surface area contributed by atoms with Crippen molar-refractivity contribution in [3.63, 3.8) is 0 Å². The molecule has 0 bridgehead atoms. The van der Waals surface area contributed by atoms with Crippen molar-refractivity contribution in [3.05, 3.63) is 59.2 Å². The summed E-state index contributed by atoms with van der Waals surface area (Å²) in [6, 6.07) is 11.8. The van der Waals surface area contributed by atoms with E-state index in [-0.39, 0.29) is 11.8 Å². The normalized spacial score (nSPS) is 21.2. The number of carbonyl (C=O) groups excluding carboxylic acids is 2. The van der Waals surface area contributed by atoms with E-state index in [0.29, 0.717) is 24.2 Å². The molecule has 7 nitrogen and oxygen atoms in total. The van der Waals surface area contributed by atoms with E-state index >= 15 is 0 Å². The lowest BCUT2D eigenvalue weighted by Crippen LogP contribution is -2.51. The predicted octanol–water partition coefficient (Wildman–Crippen LogP) is 3.69. The van der Waals surface area contributed by atoms with E-state index in [0.717, 1.165) is 19.6 Å². The van der Waals surface area contributed by atoms with Gasteiger partial charge < -0.3 is 19.5 Å². The average molecular weight is 492 g/mol. The molecule has 0 saturated carbocycles. The predicted molar refractivity (Wildman–Crippen MR) is 120 cm³/mol. The zero-order valence-electron chi connectivity index (χ0n) is 19.4. The number of piperidine rings is 1. The Balaban J connectivity index is 1.50. The minimum Gasteiger partial charge on any atom is -0.497 e. The molecule has 35 heavy (non-hydrogen) atoms. The van der Waals surface area contributed by atoms with Gasteiger partial charge in [0.2, 0.25) is 6.10 Å². The summed E-state index contributed by atoms with van der Waals surface area (Å²) in [6.07, 6.45) is -5.61. The Bertz CT molecular complexity index is 1080. The summed E-state index contributed by atoms with van der Waals surface area (Å²) in [5.74, 6) is -2.88. The Morgan fingerprint density at radius 3 is 2.57 bits per heavy atom. The Labute approximate surface area is 201 Å². The first-order valence-corrected chi connectivity index (χ1v) is 11.4. The van der Waals surface area contributed by atoms with Gasteiger partial charge in [-0.3, -0.25) is 4.90 Å². The fraction of sp³-hybridized carbons (Fsp3) is 0.440. The van der Waals surface area contributed by atoms with Crippen molar-refractivity contribution in [3.8, 4) is 11.5 Å². The van der Waals surface area contributed by atoms with Gasteiger partial charge in [0.15, 0.2) is 0 Å². The standard InChI is InChI=1S/C25H27F3N2O5/c1-15-4-3-5-16(12-15)14-30-10-8-17(9-11-30)29-21-19-13-18(33-2)6-7-20(19)34-23(31)22(21)35-24(32)25(26,27)28/h3-7,12-13,17,21-22,29H,8-11,14H2,1-2H3. The van der Waals surface area contributed by atoms with Gasteiger partial charge in [0, 0.05) is 18.2 Å². The maximum atomic E-state index is 12.9. The Morgan fingerprint density at radius 1 is 1.17 bits per heavy atom. The average Bonchev–Trinajstić information content (AvgIpc) is 2.81. The second-order valence-electron chi connectivity index (χ2n) is 8.83. The van der Waals surface area contributed by atoms with Gasteiger partial charge >= 0.3 is 18.1 Å². The van der Waals surface area contributed by atoms with Crippen LogP contribution in [-0.2, 0) is 20.9 Å². The van der Waals surface area contributed by atoms with E-state index in [4.69, 9.17) is 9.47 Å². The third kappa shape index (κ3) is 5.94. The number of nitrogens with zero attached hydrogens (tertiary/aromatic N) is 1. The molecular weight excluding hydrogens is 465 g/mol. The van der Waals surface area contributed by atoms with Crippen molar-refractivity contribution in [2.24, 2.45) is 0 Å². The lowest BCUT2D eigenvalue weighted by atomic mass is 9.94. The maximum Gasteiger partial charge on any atom is 0.490 e. The SMILES string of the molecule is COc1ccc2c(c1)C(NC1CCN(Cc3cccc(C)c3)CC1)C(OC(=O)C(F)(F)F)C(=O)O2. The number of rotatable bonds is 6. The fourth-order valence-corrected chi connectivity index (χ4v) is 4.51. The molecule has 0 radical (unpaired) electrons. The van der Waals surface area contributed by atoms with Crippen LogP contribution >= 0.6 is 0 Å². The first kappa shape index (κ1) is 25.0. The van der Waals surface area contributed by atoms with Crippen LogP contribution in [0.1, 0.15) is 35.6 Å².